The SMILES string of the molecule is Oc1cccc2c1C=C1C(O)(Cl)C(Cl)(Cl)C(Cl)(Cl)C(Cl)(Cl)C1(Cl)C2Cl. The first-order valence-corrected chi connectivity index (χ1v) is 10.0. The monoisotopic (exact) mass is 522 g/mol. The maximum absolute atomic E-state index is 10.9. The summed E-state index contributed by atoms with van der Waals surface area (Å²) in [6, 6.07) is 4.55. The van der Waals surface area contributed by atoms with Gasteiger partial charge in [0.05, 0.1) is 5.38 Å². The molecule has 1 aromatic rings. The number of alkyl halides is 9. The average molecular weight is 526 g/mol. The number of hydrogen-bond donors (Lipinski definition) is 2. The van der Waals surface area contributed by atoms with Gasteiger partial charge in [-0.15, -0.1) is 23.2 Å². The molecule has 3 unspecified atom stereocenters. The van der Waals surface area contributed by atoms with Gasteiger partial charge in [-0.3, -0.25) is 0 Å². The highest BCUT2D eigenvalue weighted by Gasteiger charge is 2.83. The van der Waals surface area contributed by atoms with Crippen molar-refractivity contribution in [3.05, 3.63) is 34.9 Å². The first-order valence-electron chi connectivity index (χ1n) is 6.58. The third-order valence-corrected chi connectivity index (χ3v) is 10.9. The van der Waals surface area contributed by atoms with Crippen LogP contribution in [0.25, 0.3) is 6.08 Å². The van der Waals surface area contributed by atoms with E-state index >= 15 is 0 Å². The molecule has 0 saturated heterocycles. The van der Waals surface area contributed by atoms with Gasteiger partial charge in [-0.2, -0.15) is 0 Å². The van der Waals surface area contributed by atoms with Crippen LogP contribution < -0.4 is 0 Å². The van der Waals surface area contributed by atoms with E-state index in [-0.39, 0.29) is 16.9 Å². The molecule has 0 aliphatic heterocycles. The standard InChI is InChI=1S/C14H7Cl9O2/c15-9-5-2-1-3-7(24)6(5)4-8-10(9,16)12(18,19)14(22,23)13(20,21)11(8,17)25/h1-4,9,24-25H. The normalized spacial score (nSPS) is 37.7. The van der Waals surface area contributed by atoms with Crippen molar-refractivity contribution in [2.24, 2.45) is 0 Å². The molecule has 2 nitrogen and oxygen atoms in total. The fourth-order valence-electron chi connectivity index (χ4n) is 3.02. The van der Waals surface area contributed by atoms with Crippen molar-refractivity contribution in [2.75, 3.05) is 0 Å². The van der Waals surface area contributed by atoms with E-state index in [4.69, 9.17) is 104 Å². The number of aromatic hydroxyl groups is 1. The Labute approximate surface area is 188 Å². The number of rotatable bonds is 0. The molecule has 1 aromatic carbocycles. The van der Waals surface area contributed by atoms with Crippen molar-refractivity contribution < 1.29 is 10.2 Å². The quantitative estimate of drug-likeness (QED) is 0.379. The fourth-order valence-corrected chi connectivity index (χ4v) is 6.59. The second kappa shape index (κ2) is 5.92. The maximum Gasteiger partial charge on any atom is 0.200 e. The van der Waals surface area contributed by atoms with Gasteiger partial charge in [0.1, 0.15) is 10.6 Å². The lowest BCUT2D eigenvalue weighted by atomic mass is 9.71. The van der Waals surface area contributed by atoms with Crippen LogP contribution in [-0.4, -0.2) is 33.1 Å². The Morgan fingerprint density at radius 3 is 1.96 bits per heavy atom. The van der Waals surface area contributed by atoms with Crippen LogP contribution in [0, 0.1) is 0 Å². The van der Waals surface area contributed by atoms with Gasteiger partial charge in [-0.25, -0.2) is 0 Å². The summed E-state index contributed by atoms with van der Waals surface area (Å²) in [6.07, 6.45) is 1.27. The van der Waals surface area contributed by atoms with Gasteiger partial charge in [0.2, 0.25) is 0 Å². The second-order valence-corrected chi connectivity index (χ2v) is 11.3. The third kappa shape index (κ3) is 2.31. The lowest BCUT2D eigenvalue weighted by Crippen LogP contribution is -2.75. The zero-order valence-electron chi connectivity index (χ0n) is 11.7. The number of fused-ring (bicyclic) bond motifs is 2. The zero-order chi connectivity index (χ0) is 19.2. The Bertz CT molecular complexity index is 787. The molecule has 2 aliphatic rings. The summed E-state index contributed by atoms with van der Waals surface area (Å²) in [5.74, 6) is -0.139. The van der Waals surface area contributed by atoms with Crippen molar-refractivity contribution in [1.82, 2.24) is 0 Å². The van der Waals surface area contributed by atoms with Crippen LogP contribution in [0.1, 0.15) is 16.5 Å². The van der Waals surface area contributed by atoms with Crippen molar-refractivity contribution in [2.45, 2.75) is 28.3 Å². The lowest BCUT2D eigenvalue weighted by Gasteiger charge is -2.61. The van der Waals surface area contributed by atoms with Crippen LogP contribution in [0.4, 0.5) is 0 Å². The number of phenols is 1. The molecule has 0 spiro atoms. The molecule has 1 saturated carbocycles. The average Bonchev–Trinajstić information content (AvgIpc) is 2.49. The van der Waals surface area contributed by atoms with E-state index in [1.807, 2.05) is 0 Å². The van der Waals surface area contributed by atoms with Crippen LogP contribution in [0.15, 0.2) is 23.8 Å². The highest BCUT2D eigenvalue weighted by atomic mass is 35.5. The summed E-state index contributed by atoms with van der Waals surface area (Å²) in [5.41, 5.74) is 0.376. The topological polar surface area (TPSA) is 40.5 Å². The van der Waals surface area contributed by atoms with Crippen LogP contribution >= 0.6 is 104 Å². The molecule has 0 aromatic heterocycles. The van der Waals surface area contributed by atoms with Crippen molar-refractivity contribution >= 4 is 110 Å². The fraction of sp³-hybridized carbons (Fsp3) is 0.429. The lowest BCUT2D eigenvalue weighted by molar-refractivity contribution is 0.104. The van der Waals surface area contributed by atoms with Gasteiger partial charge in [-0.05, 0) is 17.7 Å². The molecule has 0 radical (unpaired) electrons. The minimum Gasteiger partial charge on any atom is -0.507 e. The highest BCUT2D eigenvalue weighted by molar-refractivity contribution is 6.74. The third-order valence-electron chi connectivity index (χ3n) is 4.44. The smallest absolute Gasteiger partial charge is 0.200 e. The van der Waals surface area contributed by atoms with Crippen molar-refractivity contribution in [1.29, 1.82) is 0 Å². The molecule has 0 heterocycles. The molecule has 2 aliphatic carbocycles. The first-order chi connectivity index (χ1) is 11.2. The van der Waals surface area contributed by atoms with Crippen LogP contribution in [0.2, 0.25) is 0 Å². The van der Waals surface area contributed by atoms with Gasteiger partial charge in [0, 0.05) is 11.1 Å². The van der Waals surface area contributed by atoms with E-state index in [1.54, 1.807) is 12.1 Å². The van der Waals surface area contributed by atoms with Crippen molar-refractivity contribution in [3.63, 3.8) is 0 Å². The number of aliphatic hydroxyl groups is 1. The molecule has 3 atom stereocenters. The largest absolute Gasteiger partial charge is 0.507 e. The predicted molar refractivity (Wildman–Crippen MR) is 107 cm³/mol. The van der Waals surface area contributed by atoms with Gasteiger partial charge >= 0.3 is 0 Å². The van der Waals surface area contributed by atoms with Gasteiger partial charge in [0.15, 0.2) is 18.1 Å². The molecule has 25 heavy (non-hydrogen) atoms. The Morgan fingerprint density at radius 2 is 1.40 bits per heavy atom. The van der Waals surface area contributed by atoms with Crippen LogP contribution in [0.3, 0.4) is 0 Å². The first kappa shape index (κ1) is 21.0. The van der Waals surface area contributed by atoms with Crippen LogP contribution in [0.5, 0.6) is 5.75 Å². The zero-order valence-corrected chi connectivity index (χ0v) is 18.5. The number of hydrogen-bond acceptors (Lipinski definition) is 2. The summed E-state index contributed by atoms with van der Waals surface area (Å²) in [7, 11) is 0. The molecular weight excluding hydrogens is 519 g/mol. The van der Waals surface area contributed by atoms with Crippen molar-refractivity contribution in [3.8, 4) is 5.75 Å². The second-order valence-electron chi connectivity index (χ2n) is 5.76. The Hall–Kier alpha value is 1.33. The molecule has 11 heteroatoms. The molecule has 1 fully saturated rings. The Balaban J connectivity index is 2.45. The summed E-state index contributed by atoms with van der Waals surface area (Å²) < 4.78 is -7.23. The predicted octanol–water partition coefficient (Wildman–Crippen LogP) is 6.51. The summed E-state index contributed by atoms with van der Waals surface area (Å²) in [4.78, 5) is -2.01. The summed E-state index contributed by atoms with van der Waals surface area (Å²) >= 11 is 57.2. The van der Waals surface area contributed by atoms with Gasteiger partial charge in [-0.1, -0.05) is 93.3 Å². The van der Waals surface area contributed by atoms with E-state index in [1.165, 1.54) is 12.1 Å². The Morgan fingerprint density at radius 1 is 0.840 bits per heavy atom. The van der Waals surface area contributed by atoms with E-state index in [9.17, 15) is 10.2 Å². The molecular formula is C14H7Cl9O2. The van der Waals surface area contributed by atoms with Crippen LogP contribution in [-0.2, 0) is 0 Å². The maximum atomic E-state index is 10.9. The Kier molecular flexibility index (Phi) is 4.98. The molecule has 0 bridgehead atoms. The molecule has 0 amide bonds. The van der Waals surface area contributed by atoms with E-state index in [0.29, 0.717) is 5.56 Å². The molecule has 3 rings (SSSR count). The number of phenolic OH excluding ortho intramolecular Hbond substituents is 1. The summed E-state index contributed by atoms with van der Waals surface area (Å²) in [6.45, 7) is 0. The minimum absolute atomic E-state index is 0.139. The highest BCUT2D eigenvalue weighted by Crippen LogP contribution is 2.75. The van der Waals surface area contributed by atoms with E-state index < -0.39 is 28.3 Å². The van der Waals surface area contributed by atoms with E-state index in [0.717, 1.165) is 0 Å². The number of halogens is 9. The minimum atomic E-state index is -2.61. The van der Waals surface area contributed by atoms with Gasteiger partial charge in [0.25, 0.3) is 0 Å². The summed E-state index contributed by atoms with van der Waals surface area (Å²) in [5, 5.41) is 17.2. The number of benzene rings is 1. The molecule has 138 valence electrons. The van der Waals surface area contributed by atoms with E-state index in [2.05, 4.69) is 0 Å². The molecule has 2 N–H and O–H groups in total. The van der Waals surface area contributed by atoms with Gasteiger partial charge < -0.3 is 10.2 Å².